The molecular weight excluding hydrogens is 186 g/mol. The number of rotatable bonds is 5. The number of terminal acetylenes is 1. The van der Waals surface area contributed by atoms with Gasteiger partial charge in [0.25, 0.3) is 0 Å². The summed E-state index contributed by atoms with van der Waals surface area (Å²) < 4.78 is 0. The van der Waals surface area contributed by atoms with Crippen molar-refractivity contribution in [1.82, 2.24) is 5.32 Å². The zero-order valence-electron chi connectivity index (χ0n) is 9.03. The van der Waals surface area contributed by atoms with Crippen LogP contribution in [0.1, 0.15) is 25.3 Å². The van der Waals surface area contributed by atoms with Gasteiger partial charge in [0, 0.05) is 6.54 Å². The highest BCUT2D eigenvalue weighted by atomic mass is 16.3. The Morgan fingerprint density at radius 1 is 1.53 bits per heavy atom. The first kappa shape index (κ1) is 11.6. The second kappa shape index (κ2) is 6.10. The Balaban J connectivity index is 2.46. The van der Waals surface area contributed by atoms with Gasteiger partial charge in [-0.1, -0.05) is 31.4 Å². The highest BCUT2D eigenvalue weighted by Gasteiger charge is 2.02. The molecule has 0 bridgehead atoms. The Hall–Kier alpha value is -1.46. The summed E-state index contributed by atoms with van der Waals surface area (Å²) in [7, 11) is 0. The molecule has 0 spiro atoms. The Labute approximate surface area is 91.3 Å². The van der Waals surface area contributed by atoms with Crippen molar-refractivity contribution in [3.63, 3.8) is 0 Å². The summed E-state index contributed by atoms with van der Waals surface area (Å²) in [5.41, 5.74) is 1.05. The van der Waals surface area contributed by atoms with Crippen molar-refractivity contribution >= 4 is 0 Å². The predicted octanol–water partition coefficient (Wildman–Crippen LogP) is 2.28. The monoisotopic (exact) mass is 203 g/mol. The van der Waals surface area contributed by atoms with Crippen molar-refractivity contribution in [2.24, 2.45) is 0 Å². The molecule has 0 heterocycles. The maximum Gasteiger partial charge on any atom is 0.115 e. The molecule has 1 aromatic rings. The van der Waals surface area contributed by atoms with Gasteiger partial charge >= 0.3 is 0 Å². The third kappa shape index (κ3) is 4.05. The van der Waals surface area contributed by atoms with Crippen LogP contribution in [-0.2, 0) is 6.54 Å². The van der Waals surface area contributed by atoms with Crippen LogP contribution < -0.4 is 5.32 Å². The van der Waals surface area contributed by atoms with Gasteiger partial charge in [0.15, 0.2) is 0 Å². The SMILES string of the molecule is C#CC(CCC)NCc1cccc(O)c1. The van der Waals surface area contributed by atoms with Gasteiger partial charge in [-0.3, -0.25) is 5.32 Å². The second-order valence-electron chi connectivity index (χ2n) is 3.56. The van der Waals surface area contributed by atoms with Crippen molar-refractivity contribution in [2.75, 3.05) is 0 Å². The van der Waals surface area contributed by atoms with Gasteiger partial charge in [-0.2, -0.15) is 0 Å². The molecule has 2 heteroatoms. The number of benzene rings is 1. The van der Waals surface area contributed by atoms with Gasteiger partial charge in [-0.05, 0) is 24.1 Å². The minimum absolute atomic E-state index is 0.123. The zero-order valence-corrected chi connectivity index (χ0v) is 9.03. The van der Waals surface area contributed by atoms with Crippen LogP contribution in [0.3, 0.4) is 0 Å². The van der Waals surface area contributed by atoms with E-state index >= 15 is 0 Å². The lowest BCUT2D eigenvalue weighted by molar-refractivity contribution is 0.473. The Morgan fingerprint density at radius 3 is 2.93 bits per heavy atom. The smallest absolute Gasteiger partial charge is 0.115 e. The molecule has 0 fully saturated rings. The Kier molecular flexibility index (Phi) is 4.73. The highest BCUT2D eigenvalue weighted by Crippen LogP contribution is 2.10. The minimum atomic E-state index is 0.123. The van der Waals surface area contributed by atoms with Crippen LogP contribution in [0.4, 0.5) is 0 Å². The summed E-state index contributed by atoms with van der Waals surface area (Å²) in [6.45, 7) is 2.81. The van der Waals surface area contributed by atoms with Crippen molar-refractivity contribution in [1.29, 1.82) is 0 Å². The van der Waals surface area contributed by atoms with Crippen molar-refractivity contribution in [2.45, 2.75) is 32.4 Å². The molecule has 1 unspecified atom stereocenters. The molecule has 1 aromatic carbocycles. The second-order valence-corrected chi connectivity index (χ2v) is 3.56. The maximum absolute atomic E-state index is 9.27. The molecule has 0 saturated carbocycles. The molecule has 80 valence electrons. The van der Waals surface area contributed by atoms with Gasteiger partial charge < -0.3 is 5.11 Å². The third-order valence-corrected chi connectivity index (χ3v) is 2.24. The van der Waals surface area contributed by atoms with Gasteiger partial charge in [0.1, 0.15) is 5.75 Å². The summed E-state index contributed by atoms with van der Waals surface area (Å²) in [5, 5.41) is 12.5. The van der Waals surface area contributed by atoms with Gasteiger partial charge in [-0.15, -0.1) is 6.42 Å². The first-order valence-electron chi connectivity index (χ1n) is 5.23. The van der Waals surface area contributed by atoms with E-state index in [1.807, 2.05) is 12.1 Å². The first-order valence-corrected chi connectivity index (χ1v) is 5.23. The number of hydrogen-bond donors (Lipinski definition) is 2. The van der Waals surface area contributed by atoms with Crippen LogP contribution >= 0.6 is 0 Å². The molecule has 0 aliphatic carbocycles. The molecule has 1 rings (SSSR count). The van der Waals surface area contributed by atoms with Crippen molar-refractivity contribution in [3.05, 3.63) is 29.8 Å². The molecule has 2 nitrogen and oxygen atoms in total. The molecule has 2 N–H and O–H groups in total. The molecule has 1 atom stereocenters. The minimum Gasteiger partial charge on any atom is -0.508 e. The summed E-state index contributed by atoms with van der Waals surface area (Å²) in [4.78, 5) is 0. The van der Waals surface area contributed by atoms with Crippen LogP contribution in [0, 0.1) is 12.3 Å². The summed E-state index contributed by atoms with van der Waals surface area (Å²) in [6.07, 6.45) is 7.44. The Bertz CT molecular complexity index is 341. The van der Waals surface area contributed by atoms with E-state index in [1.54, 1.807) is 12.1 Å². The molecular formula is C13H17NO. The average molecular weight is 203 g/mol. The summed E-state index contributed by atoms with van der Waals surface area (Å²) in [6, 6.07) is 7.32. The van der Waals surface area contributed by atoms with Crippen molar-refractivity contribution < 1.29 is 5.11 Å². The number of aromatic hydroxyl groups is 1. The van der Waals surface area contributed by atoms with Gasteiger partial charge in [0.2, 0.25) is 0 Å². The lowest BCUT2D eigenvalue weighted by Crippen LogP contribution is -2.26. The first-order chi connectivity index (χ1) is 7.26. The lowest BCUT2D eigenvalue weighted by atomic mass is 10.1. The van der Waals surface area contributed by atoms with E-state index in [0.717, 1.165) is 18.4 Å². The molecule has 0 aliphatic heterocycles. The average Bonchev–Trinajstić information content (AvgIpc) is 2.24. The number of phenols is 1. The zero-order chi connectivity index (χ0) is 11.1. The number of phenolic OH excluding ortho intramolecular Hbond substituents is 1. The fourth-order valence-electron chi connectivity index (χ4n) is 1.44. The molecule has 0 aliphatic rings. The normalized spacial score (nSPS) is 12.0. The van der Waals surface area contributed by atoms with E-state index in [9.17, 15) is 5.11 Å². The van der Waals surface area contributed by atoms with E-state index in [1.165, 1.54) is 0 Å². The fourth-order valence-corrected chi connectivity index (χ4v) is 1.44. The van der Waals surface area contributed by atoms with E-state index in [-0.39, 0.29) is 6.04 Å². The quantitative estimate of drug-likeness (QED) is 0.720. The van der Waals surface area contributed by atoms with E-state index in [2.05, 4.69) is 18.2 Å². The van der Waals surface area contributed by atoms with Crippen LogP contribution in [0.5, 0.6) is 5.75 Å². The van der Waals surface area contributed by atoms with Gasteiger partial charge in [0.05, 0.1) is 6.04 Å². The van der Waals surface area contributed by atoms with Crippen molar-refractivity contribution in [3.8, 4) is 18.1 Å². The van der Waals surface area contributed by atoms with Crippen LogP contribution in [-0.4, -0.2) is 11.1 Å². The molecule has 0 radical (unpaired) electrons. The van der Waals surface area contributed by atoms with Gasteiger partial charge in [-0.25, -0.2) is 0 Å². The molecule has 0 aromatic heterocycles. The lowest BCUT2D eigenvalue weighted by Gasteiger charge is -2.11. The predicted molar refractivity (Wildman–Crippen MR) is 62.5 cm³/mol. The van der Waals surface area contributed by atoms with E-state index in [4.69, 9.17) is 6.42 Å². The highest BCUT2D eigenvalue weighted by molar-refractivity contribution is 5.27. The Morgan fingerprint density at radius 2 is 2.33 bits per heavy atom. The van der Waals surface area contributed by atoms with E-state index < -0.39 is 0 Å². The van der Waals surface area contributed by atoms with Crippen LogP contribution in [0.2, 0.25) is 0 Å². The number of hydrogen-bond acceptors (Lipinski definition) is 2. The maximum atomic E-state index is 9.27. The topological polar surface area (TPSA) is 32.3 Å². The molecule has 0 amide bonds. The largest absolute Gasteiger partial charge is 0.508 e. The van der Waals surface area contributed by atoms with E-state index in [0.29, 0.717) is 12.3 Å². The molecule has 0 saturated heterocycles. The van der Waals surface area contributed by atoms with Crippen LogP contribution in [0.25, 0.3) is 0 Å². The fraction of sp³-hybridized carbons (Fsp3) is 0.385. The number of nitrogens with one attached hydrogen (secondary N) is 1. The standard InChI is InChI=1S/C13H17NO/c1-3-6-12(4-2)14-10-11-7-5-8-13(15)9-11/h2,5,7-9,12,14-15H,3,6,10H2,1H3. The molecule has 15 heavy (non-hydrogen) atoms. The summed E-state index contributed by atoms with van der Waals surface area (Å²) in [5.74, 6) is 3.01. The third-order valence-electron chi connectivity index (χ3n) is 2.24. The van der Waals surface area contributed by atoms with Crippen LogP contribution in [0.15, 0.2) is 24.3 Å². The summed E-state index contributed by atoms with van der Waals surface area (Å²) >= 11 is 0.